The fourth-order valence-corrected chi connectivity index (χ4v) is 1.03. The summed E-state index contributed by atoms with van der Waals surface area (Å²) >= 11 is 0. The standard InChI is InChI=1S/C7H13N5O.C2H6O/c1-2-10-7-5(8)3-11-12(7)4-6(9)13;1-3-2/h3,10H,2,4,8H2,1H3,(H2,9,13);1-2H3. The fraction of sp³-hybridized carbons (Fsp3) is 0.556. The van der Waals surface area contributed by atoms with E-state index in [4.69, 9.17) is 11.5 Å². The second kappa shape index (κ2) is 7.52. The summed E-state index contributed by atoms with van der Waals surface area (Å²) in [4.78, 5) is 10.6. The number of primary amides is 1. The molecule has 16 heavy (non-hydrogen) atoms. The number of amides is 1. The first-order valence-electron chi connectivity index (χ1n) is 4.80. The van der Waals surface area contributed by atoms with Gasteiger partial charge < -0.3 is 21.5 Å². The first-order valence-corrected chi connectivity index (χ1v) is 4.80. The Hall–Kier alpha value is -1.76. The number of rotatable bonds is 4. The zero-order valence-corrected chi connectivity index (χ0v) is 9.86. The predicted octanol–water partition coefficient (Wildman–Crippen LogP) is -0.355. The van der Waals surface area contributed by atoms with Crippen molar-refractivity contribution in [2.45, 2.75) is 13.5 Å². The fourth-order valence-electron chi connectivity index (χ4n) is 1.03. The first-order chi connectivity index (χ1) is 7.56. The lowest BCUT2D eigenvalue weighted by molar-refractivity contribution is -0.118. The lowest BCUT2D eigenvalue weighted by Crippen LogP contribution is -2.21. The summed E-state index contributed by atoms with van der Waals surface area (Å²) in [6, 6.07) is 0. The van der Waals surface area contributed by atoms with Crippen molar-refractivity contribution in [1.29, 1.82) is 0 Å². The van der Waals surface area contributed by atoms with Crippen LogP contribution in [0.1, 0.15) is 6.92 Å². The van der Waals surface area contributed by atoms with Gasteiger partial charge in [0.15, 0.2) is 0 Å². The van der Waals surface area contributed by atoms with Gasteiger partial charge in [0.25, 0.3) is 0 Å². The molecule has 1 rings (SSSR count). The molecule has 0 aromatic carbocycles. The van der Waals surface area contributed by atoms with Gasteiger partial charge in [0.1, 0.15) is 12.4 Å². The Kier molecular flexibility index (Phi) is 6.69. The second-order valence-corrected chi connectivity index (χ2v) is 3.01. The molecule has 0 aliphatic carbocycles. The number of hydrogen-bond donors (Lipinski definition) is 3. The number of nitrogen functional groups attached to an aromatic ring is 1. The lowest BCUT2D eigenvalue weighted by atomic mass is 10.5. The van der Waals surface area contributed by atoms with Crippen LogP contribution in [0.2, 0.25) is 0 Å². The lowest BCUT2D eigenvalue weighted by Gasteiger charge is -2.06. The van der Waals surface area contributed by atoms with Crippen LogP contribution in [0, 0.1) is 0 Å². The Morgan fingerprint density at radius 3 is 2.62 bits per heavy atom. The van der Waals surface area contributed by atoms with Crippen LogP contribution in [0.3, 0.4) is 0 Å². The summed E-state index contributed by atoms with van der Waals surface area (Å²) < 4.78 is 5.70. The number of methoxy groups -OCH3 is 1. The zero-order valence-electron chi connectivity index (χ0n) is 9.86. The highest BCUT2D eigenvalue weighted by atomic mass is 16.4. The normalized spacial score (nSPS) is 9.19. The molecule has 1 heterocycles. The number of nitrogens with one attached hydrogen (secondary N) is 1. The molecule has 0 spiro atoms. The number of carbonyl (C=O) groups is 1. The van der Waals surface area contributed by atoms with Gasteiger partial charge in [-0.1, -0.05) is 0 Å². The Morgan fingerprint density at radius 2 is 2.19 bits per heavy atom. The van der Waals surface area contributed by atoms with E-state index in [1.54, 1.807) is 14.2 Å². The number of hydrogen-bond acceptors (Lipinski definition) is 5. The van der Waals surface area contributed by atoms with Gasteiger partial charge in [-0.2, -0.15) is 5.10 Å². The van der Waals surface area contributed by atoms with Gasteiger partial charge in [-0.3, -0.25) is 4.79 Å². The van der Waals surface area contributed by atoms with Crippen molar-refractivity contribution in [3.05, 3.63) is 6.20 Å². The Labute approximate surface area is 94.7 Å². The summed E-state index contributed by atoms with van der Waals surface area (Å²) in [6.07, 6.45) is 1.49. The van der Waals surface area contributed by atoms with Crippen LogP contribution in [0.5, 0.6) is 0 Å². The van der Waals surface area contributed by atoms with E-state index in [-0.39, 0.29) is 6.54 Å². The molecular formula is C9H19N5O2. The molecule has 1 aromatic heterocycles. The molecule has 0 aliphatic rings. The number of carbonyl (C=O) groups excluding carboxylic acids is 1. The molecule has 0 fully saturated rings. The molecule has 7 nitrogen and oxygen atoms in total. The third-order valence-electron chi connectivity index (χ3n) is 1.52. The highest BCUT2D eigenvalue weighted by molar-refractivity contribution is 5.75. The molecule has 92 valence electrons. The quantitative estimate of drug-likeness (QED) is 0.653. The van der Waals surface area contributed by atoms with Crippen molar-refractivity contribution < 1.29 is 9.53 Å². The summed E-state index contributed by atoms with van der Waals surface area (Å²) in [7, 11) is 3.25. The first kappa shape index (κ1) is 14.2. The number of anilines is 2. The number of nitrogens with two attached hydrogens (primary N) is 2. The van der Waals surface area contributed by atoms with E-state index in [9.17, 15) is 4.79 Å². The number of nitrogens with zero attached hydrogens (tertiary/aromatic N) is 2. The summed E-state index contributed by atoms with van der Waals surface area (Å²) in [6.45, 7) is 2.69. The van der Waals surface area contributed by atoms with Gasteiger partial charge in [0.05, 0.1) is 11.9 Å². The van der Waals surface area contributed by atoms with Crippen LogP contribution in [0.4, 0.5) is 11.5 Å². The molecule has 0 bridgehead atoms. The van der Waals surface area contributed by atoms with E-state index in [1.165, 1.54) is 10.9 Å². The monoisotopic (exact) mass is 229 g/mol. The average molecular weight is 229 g/mol. The van der Waals surface area contributed by atoms with Crippen LogP contribution < -0.4 is 16.8 Å². The van der Waals surface area contributed by atoms with Gasteiger partial charge >= 0.3 is 0 Å². The van der Waals surface area contributed by atoms with Crippen molar-refractivity contribution in [1.82, 2.24) is 9.78 Å². The minimum atomic E-state index is -0.442. The molecule has 7 heteroatoms. The van der Waals surface area contributed by atoms with E-state index in [0.717, 1.165) is 0 Å². The minimum absolute atomic E-state index is 0.0412. The van der Waals surface area contributed by atoms with Crippen molar-refractivity contribution in [2.75, 3.05) is 31.8 Å². The summed E-state index contributed by atoms with van der Waals surface area (Å²) in [5.74, 6) is 0.198. The maximum atomic E-state index is 10.6. The van der Waals surface area contributed by atoms with E-state index in [1.807, 2.05) is 6.92 Å². The van der Waals surface area contributed by atoms with Crippen LogP contribution in [0.15, 0.2) is 6.20 Å². The molecule has 1 amide bonds. The minimum Gasteiger partial charge on any atom is -0.394 e. The Morgan fingerprint density at radius 1 is 1.62 bits per heavy atom. The van der Waals surface area contributed by atoms with E-state index in [0.29, 0.717) is 18.1 Å². The molecule has 1 aromatic rings. The van der Waals surface area contributed by atoms with Gasteiger partial charge in [0.2, 0.25) is 5.91 Å². The molecule has 0 atom stereocenters. The van der Waals surface area contributed by atoms with E-state index >= 15 is 0 Å². The van der Waals surface area contributed by atoms with Crippen LogP contribution in [0.25, 0.3) is 0 Å². The molecule has 0 aliphatic heterocycles. The summed E-state index contributed by atoms with van der Waals surface area (Å²) in [5, 5.41) is 6.90. The third kappa shape index (κ3) is 4.65. The highest BCUT2D eigenvalue weighted by Crippen LogP contribution is 2.16. The molecular weight excluding hydrogens is 210 g/mol. The van der Waals surface area contributed by atoms with Crippen LogP contribution >= 0.6 is 0 Å². The third-order valence-corrected chi connectivity index (χ3v) is 1.52. The van der Waals surface area contributed by atoms with Crippen molar-refractivity contribution in [3.8, 4) is 0 Å². The molecule has 0 unspecified atom stereocenters. The van der Waals surface area contributed by atoms with Gasteiger partial charge in [0, 0.05) is 20.8 Å². The van der Waals surface area contributed by atoms with Gasteiger partial charge in [-0.25, -0.2) is 4.68 Å². The largest absolute Gasteiger partial charge is 0.394 e. The van der Waals surface area contributed by atoms with Crippen LogP contribution in [-0.2, 0) is 16.1 Å². The van der Waals surface area contributed by atoms with Crippen molar-refractivity contribution in [2.24, 2.45) is 5.73 Å². The number of ether oxygens (including phenoxy) is 1. The van der Waals surface area contributed by atoms with Crippen molar-refractivity contribution >= 4 is 17.4 Å². The topological polar surface area (TPSA) is 108 Å². The van der Waals surface area contributed by atoms with Gasteiger partial charge in [-0.05, 0) is 6.92 Å². The van der Waals surface area contributed by atoms with E-state index in [2.05, 4.69) is 15.2 Å². The smallest absolute Gasteiger partial charge is 0.239 e. The second-order valence-electron chi connectivity index (χ2n) is 3.01. The van der Waals surface area contributed by atoms with Crippen LogP contribution in [-0.4, -0.2) is 36.5 Å². The Balaban J connectivity index is 0.000000673. The number of aromatic nitrogens is 2. The molecule has 0 radical (unpaired) electrons. The highest BCUT2D eigenvalue weighted by Gasteiger charge is 2.08. The molecule has 5 N–H and O–H groups in total. The van der Waals surface area contributed by atoms with Gasteiger partial charge in [-0.15, -0.1) is 0 Å². The van der Waals surface area contributed by atoms with Crippen molar-refractivity contribution in [3.63, 3.8) is 0 Å². The molecule has 0 saturated carbocycles. The Bertz CT molecular complexity index is 324. The maximum Gasteiger partial charge on any atom is 0.239 e. The maximum absolute atomic E-state index is 10.6. The zero-order chi connectivity index (χ0) is 12.6. The molecule has 0 saturated heterocycles. The predicted molar refractivity (Wildman–Crippen MR) is 62.9 cm³/mol. The summed E-state index contributed by atoms with van der Waals surface area (Å²) in [5.41, 5.74) is 11.2. The van der Waals surface area contributed by atoms with E-state index < -0.39 is 5.91 Å². The SMILES string of the molecule is CCNc1c(N)cnn1CC(N)=O.COC. The average Bonchev–Trinajstić information content (AvgIpc) is 2.51.